The Kier molecular flexibility index (Phi) is 10.2. The molecule has 3 rings (SSSR count). The quantitative estimate of drug-likeness (QED) is 0.341. The maximum atomic E-state index is 6.43. The molecule has 0 aliphatic heterocycles. The molecular weight excluding hydrogens is 447 g/mol. The van der Waals surface area contributed by atoms with Crippen molar-refractivity contribution in [3.05, 3.63) is 64.0 Å². The third kappa shape index (κ3) is 6.90. The highest BCUT2D eigenvalue weighted by Gasteiger charge is 2.13. The minimum atomic E-state index is 0. The van der Waals surface area contributed by atoms with E-state index in [1.165, 1.54) is 18.4 Å². The summed E-state index contributed by atoms with van der Waals surface area (Å²) in [5, 5.41) is 4.84. The molecule has 0 aliphatic carbocycles. The number of rotatable bonds is 8. The predicted molar refractivity (Wildman–Crippen MR) is 136 cm³/mol. The Bertz CT molecular complexity index is 1020. The predicted octanol–water partition coefficient (Wildman–Crippen LogP) is 7.59. The fourth-order valence-electron chi connectivity index (χ4n) is 3.25. The van der Waals surface area contributed by atoms with Gasteiger partial charge in [0.1, 0.15) is 5.75 Å². The fraction of sp³-hybridized carbons (Fsp3) is 0.320. The molecule has 0 unspecified atom stereocenters. The van der Waals surface area contributed by atoms with Gasteiger partial charge >= 0.3 is 0 Å². The number of hydrogen-bond acceptors (Lipinski definition) is 4. The van der Waals surface area contributed by atoms with Crippen LogP contribution in [0, 0.1) is 18.8 Å². The number of aromatic nitrogens is 1. The van der Waals surface area contributed by atoms with E-state index in [1.54, 1.807) is 18.4 Å². The van der Waals surface area contributed by atoms with Gasteiger partial charge in [0.25, 0.3) is 0 Å². The van der Waals surface area contributed by atoms with E-state index >= 15 is 0 Å². The van der Waals surface area contributed by atoms with Gasteiger partial charge in [0.15, 0.2) is 5.13 Å². The van der Waals surface area contributed by atoms with Crippen molar-refractivity contribution >= 4 is 40.5 Å². The van der Waals surface area contributed by atoms with Crippen LogP contribution in [0.2, 0.25) is 5.02 Å². The molecule has 0 fully saturated rings. The van der Waals surface area contributed by atoms with Crippen LogP contribution in [0.3, 0.4) is 0 Å². The third-order valence-electron chi connectivity index (χ3n) is 4.88. The molecule has 3 nitrogen and oxygen atoms in total. The minimum absolute atomic E-state index is 0. The van der Waals surface area contributed by atoms with Crippen molar-refractivity contribution < 1.29 is 4.74 Å². The Hall–Kier alpha value is -2.19. The molecule has 0 aliphatic rings. The average Bonchev–Trinajstić information content (AvgIpc) is 3.13. The summed E-state index contributed by atoms with van der Waals surface area (Å²) >= 11 is 8.04. The first-order chi connectivity index (χ1) is 14.6. The molecule has 1 atom stereocenters. The number of hydrogen-bond donors (Lipinski definition) is 1. The molecule has 0 radical (unpaired) electrons. The van der Waals surface area contributed by atoms with Gasteiger partial charge in [-0.1, -0.05) is 73.5 Å². The molecule has 0 bridgehead atoms. The molecule has 0 saturated carbocycles. The van der Waals surface area contributed by atoms with Crippen molar-refractivity contribution in [2.75, 3.05) is 19.0 Å². The highest BCUT2D eigenvalue weighted by Crippen LogP contribution is 2.36. The van der Waals surface area contributed by atoms with Crippen LogP contribution in [0.5, 0.6) is 5.75 Å². The fourth-order valence-corrected chi connectivity index (χ4v) is 4.33. The highest BCUT2D eigenvalue weighted by atomic mass is 35.5. The second-order valence-electron chi connectivity index (χ2n) is 7.05. The summed E-state index contributed by atoms with van der Waals surface area (Å²) in [6.07, 6.45) is 3.45. The van der Waals surface area contributed by atoms with E-state index in [2.05, 4.69) is 55.3 Å². The van der Waals surface area contributed by atoms with Crippen molar-refractivity contribution in [1.29, 1.82) is 0 Å². The standard InChI is InChI=1S/C25H27ClN2OS.ClH/c1-4-5-10-19(20-11-7-6-8-12-20)13-9-16-27-25-28-24(18(2)30-25)22-15-14-21(29-3)17-23(22)26;/h6-8,11-12,14-15,17,19H,4-5,10,16H2,1-3H3,(H,27,28);1H/t19-;/m1./s1. The SMILES string of the molecule is CCCC[C@H](C#CCNc1nc(-c2ccc(OC)cc2Cl)c(C)s1)c1ccccc1.Cl. The van der Waals surface area contributed by atoms with Crippen LogP contribution < -0.4 is 10.1 Å². The van der Waals surface area contributed by atoms with Crippen LogP contribution in [0.25, 0.3) is 11.3 Å². The first kappa shape index (κ1) is 25.1. The smallest absolute Gasteiger partial charge is 0.184 e. The third-order valence-corrected chi connectivity index (χ3v) is 6.12. The van der Waals surface area contributed by atoms with Gasteiger partial charge in [-0.2, -0.15) is 0 Å². The molecular formula is C25H28Cl2N2OS. The minimum Gasteiger partial charge on any atom is -0.497 e. The number of halogens is 2. The second kappa shape index (κ2) is 12.6. The van der Waals surface area contributed by atoms with Crippen LogP contribution in [-0.2, 0) is 0 Å². The molecule has 1 N–H and O–H groups in total. The lowest BCUT2D eigenvalue weighted by atomic mass is 9.94. The molecule has 31 heavy (non-hydrogen) atoms. The zero-order valence-corrected chi connectivity index (χ0v) is 20.5. The number of methoxy groups -OCH3 is 1. The summed E-state index contributed by atoms with van der Waals surface area (Å²) in [5.41, 5.74) is 3.10. The molecule has 164 valence electrons. The number of ether oxygens (including phenoxy) is 1. The van der Waals surface area contributed by atoms with Crippen molar-refractivity contribution in [2.45, 2.75) is 39.0 Å². The maximum Gasteiger partial charge on any atom is 0.184 e. The van der Waals surface area contributed by atoms with E-state index in [9.17, 15) is 0 Å². The van der Waals surface area contributed by atoms with Gasteiger partial charge in [-0.15, -0.1) is 23.7 Å². The maximum absolute atomic E-state index is 6.43. The molecule has 1 heterocycles. The van der Waals surface area contributed by atoms with Crippen molar-refractivity contribution in [2.24, 2.45) is 0 Å². The second-order valence-corrected chi connectivity index (χ2v) is 8.66. The largest absolute Gasteiger partial charge is 0.497 e. The van der Waals surface area contributed by atoms with Gasteiger partial charge in [0.05, 0.1) is 24.4 Å². The van der Waals surface area contributed by atoms with E-state index in [1.807, 2.05) is 24.3 Å². The van der Waals surface area contributed by atoms with Gasteiger partial charge in [-0.05, 0) is 37.1 Å². The van der Waals surface area contributed by atoms with Crippen LogP contribution in [-0.4, -0.2) is 18.6 Å². The highest BCUT2D eigenvalue weighted by molar-refractivity contribution is 7.16. The summed E-state index contributed by atoms with van der Waals surface area (Å²) in [7, 11) is 1.63. The lowest BCUT2D eigenvalue weighted by molar-refractivity contribution is 0.415. The summed E-state index contributed by atoms with van der Waals surface area (Å²) in [4.78, 5) is 5.85. The number of benzene rings is 2. The molecule has 0 amide bonds. The molecule has 0 spiro atoms. The zero-order valence-electron chi connectivity index (χ0n) is 18.1. The number of nitrogens with one attached hydrogen (secondary N) is 1. The summed E-state index contributed by atoms with van der Waals surface area (Å²) in [6, 6.07) is 16.2. The molecule has 1 aromatic heterocycles. The Morgan fingerprint density at radius 3 is 2.65 bits per heavy atom. The Labute approximate surface area is 200 Å². The molecule has 2 aromatic carbocycles. The molecule has 6 heteroatoms. The van der Waals surface area contributed by atoms with Gasteiger partial charge in [-0.3, -0.25) is 0 Å². The number of aryl methyl sites for hydroxylation is 1. The Balaban J connectivity index is 0.00000341. The first-order valence-corrected chi connectivity index (χ1v) is 11.4. The van der Waals surface area contributed by atoms with Crippen molar-refractivity contribution in [3.63, 3.8) is 0 Å². The Morgan fingerprint density at radius 2 is 1.97 bits per heavy atom. The van der Waals surface area contributed by atoms with E-state index in [0.717, 1.165) is 33.4 Å². The molecule has 0 saturated heterocycles. The number of thiazole rings is 1. The van der Waals surface area contributed by atoms with E-state index in [-0.39, 0.29) is 18.3 Å². The average molecular weight is 475 g/mol. The monoisotopic (exact) mass is 474 g/mol. The van der Waals surface area contributed by atoms with E-state index in [4.69, 9.17) is 21.3 Å². The van der Waals surface area contributed by atoms with Crippen LogP contribution >= 0.6 is 35.3 Å². The van der Waals surface area contributed by atoms with Crippen molar-refractivity contribution in [3.8, 4) is 28.8 Å². The van der Waals surface area contributed by atoms with Crippen molar-refractivity contribution in [1.82, 2.24) is 4.98 Å². The zero-order chi connectivity index (χ0) is 21.3. The lowest BCUT2D eigenvalue weighted by Crippen LogP contribution is -2.00. The topological polar surface area (TPSA) is 34.2 Å². The first-order valence-electron chi connectivity index (χ1n) is 10.2. The summed E-state index contributed by atoms with van der Waals surface area (Å²) < 4.78 is 5.23. The Morgan fingerprint density at radius 1 is 1.19 bits per heavy atom. The normalized spacial score (nSPS) is 11.1. The van der Waals surface area contributed by atoms with Crippen LogP contribution in [0.4, 0.5) is 5.13 Å². The van der Waals surface area contributed by atoms with Gasteiger partial charge in [0.2, 0.25) is 0 Å². The number of anilines is 1. The number of unbranched alkanes of at least 4 members (excludes halogenated alkanes) is 1. The van der Waals surface area contributed by atoms with E-state index < -0.39 is 0 Å². The van der Waals surface area contributed by atoms with Crippen LogP contribution in [0.15, 0.2) is 48.5 Å². The summed E-state index contributed by atoms with van der Waals surface area (Å²) in [5.74, 6) is 7.76. The van der Waals surface area contributed by atoms with Gasteiger partial charge in [-0.25, -0.2) is 4.98 Å². The van der Waals surface area contributed by atoms with Crippen LogP contribution in [0.1, 0.15) is 42.5 Å². The summed E-state index contributed by atoms with van der Waals surface area (Å²) in [6.45, 7) is 4.84. The number of nitrogens with zero attached hydrogens (tertiary/aromatic N) is 1. The van der Waals surface area contributed by atoms with E-state index in [0.29, 0.717) is 11.6 Å². The van der Waals surface area contributed by atoms with Gasteiger partial charge in [0, 0.05) is 16.4 Å². The van der Waals surface area contributed by atoms with Gasteiger partial charge < -0.3 is 10.1 Å². The lowest BCUT2D eigenvalue weighted by Gasteiger charge is -2.10. The molecule has 3 aromatic rings.